The van der Waals surface area contributed by atoms with Crippen LogP contribution in [0, 0.1) is 5.82 Å². The summed E-state index contributed by atoms with van der Waals surface area (Å²) in [4.78, 5) is 19.6. The molecule has 2 aromatic heterocycles. The molecular weight excluding hydrogens is 255 g/mol. The third-order valence-electron chi connectivity index (χ3n) is 2.30. The fourth-order valence-corrected chi connectivity index (χ4v) is 2.33. The topological polar surface area (TPSA) is 59.8 Å². The maximum atomic E-state index is 13.0. The number of benzene rings is 1. The molecule has 7 heteroatoms. The molecule has 0 aliphatic carbocycles. The van der Waals surface area contributed by atoms with E-state index in [4.69, 9.17) is 0 Å². The van der Waals surface area contributed by atoms with E-state index in [1.807, 2.05) is 0 Å². The molecule has 1 amide bonds. The molecule has 18 heavy (non-hydrogen) atoms. The number of nitrogens with one attached hydrogen (secondary N) is 1. The number of halogens is 1. The fourth-order valence-electron chi connectivity index (χ4n) is 1.49. The van der Waals surface area contributed by atoms with Crippen molar-refractivity contribution in [2.45, 2.75) is 0 Å². The van der Waals surface area contributed by atoms with Crippen molar-refractivity contribution in [3.8, 4) is 0 Å². The summed E-state index contributed by atoms with van der Waals surface area (Å²) in [7, 11) is 0. The minimum absolute atomic E-state index is 0.347. The second kappa shape index (κ2) is 4.19. The normalized spacial score (nSPS) is 10.7. The lowest BCUT2D eigenvalue weighted by Crippen LogP contribution is -2.17. The van der Waals surface area contributed by atoms with E-state index in [0.717, 1.165) is 4.70 Å². The van der Waals surface area contributed by atoms with Crippen molar-refractivity contribution in [3.05, 3.63) is 42.7 Å². The molecule has 90 valence electrons. The van der Waals surface area contributed by atoms with Gasteiger partial charge >= 0.3 is 6.03 Å². The number of imidazole rings is 1. The molecule has 0 atom stereocenters. The van der Waals surface area contributed by atoms with Crippen LogP contribution in [0.3, 0.4) is 0 Å². The number of aromatic nitrogens is 3. The van der Waals surface area contributed by atoms with E-state index in [9.17, 15) is 9.18 Å². The van der Waals surface area contributed by atoms with Crippen LogP contribution in [-0.2, 0) is 0 Å². The smallest absolute Gasteiger partial charge is 0.283 e. The monoisotopic (exact) mass is 262 g/mol. The van der Waals surface area contributed by atoms with Crippen molar-refractivity contribution in [3.63, 3.8) is 0 Å². The molecule has 0 aliphatic heterocycles. The zero-order valence-corrected chi connectivity index (χ0v) is 9.82. The van der Waals surface area contributed by atoms with Gasteiger partial charge in [-0.05, 0) is 12.1 Å². The first-order valence-corrected chi connectivity index (χ1v) is 5.89. The summed E-state index contributed by atoms with van der Waals surface area (Å²) in [6.07, 6.45) is 4.43. The highest BCUT2D eigenvalue weighted by molar-refractivity contribution is 7.22. The van der Waals surface area contributed by atoms with E-state index < -0.39 is 0 Å². The molecule has 3 rings (SSSR count). The molecule has 0 saturated carbocycles. The fraction of sp³-hybridized carbons (Fsp3) is 0. The van der Waals surface area contributed by atoms with E-state index >= 15 is 0 Å². The van der Waals surface area contributed by atoms with Gasteiger partial charge in [0, 0.05) is 18.5 Å². The Morgan fingerprint density at radius 1 is 1.44 bits per heavy atom. The van der Waals surface area contributed by atoms with Crippen LogP contribution in [-0.4, -0.2) is 20.6 Å². The minimum atomic E-state index is -0.355. The molecule has 0 spiro atoms. The average molecular weight is 262 g/mol. The largest absolute Gasteiger partial charge is 0.333 e. The summed E-state index contributed by atoms with van der Waals surface area (Å²) in [5, 5.41) is 3.05. The second-order valence-corrected chi connectivity index (χ2v) is 4.56. The lowest BCUT2D eigenvalue weighted by atomic mass is 10.3. The molecule has 3 aromatic rings. The van der Waals surface area contributed by atoms with Crippen molar-refractivity contribution < 1.29 is 9.18 Å². The van der Waals surface area contributed by atoms with Crippen LogP contribution in [0.25, 0.3) is 10.2 Å². The number of amides is 1. The van der Waals surface area contributed by atoms with Crippen LogP contribution in [0.2, 0.25) is 0 Å². The molecule has 1 N–H and O–H groups in total. The lowest BCUT2D eigenvalue weighted by Gasteiger charge is -1.99. The summed E-state index contributed by atoms with van der Waals surface area (Å²) in [5.41, 5.74) is 0.529. The molecule has 0 aliphatic rings. The van der Waals surface area contributed by atoms with Crippen molar-refractivity contribution in [2.24, 2.45) is 0 Å². The number of thiazole rings is 1. The van der Waals surface area contributed by atoms with Crippen LogP contribution < -0.4 is 5.32 Å². The van der Waals surface area contributed by atoms with Gasteiger partial charge in [0.1, 0.15) is 12.1 Å². The first-order chi connectivity index (χ1) is 8.72. The molecule has 0 fully saturated rings. The zero-order chi connectivity index (χ0) is 12.5. The maximum Gasteiger partial charge on any atom is 0.333 e. The van der Waals surface area contributed by atoms with Crippen molar-refractivity contribution in [1.29, 1.82) is 0 Å². The molecule has 0 saturated heterocycles. The summed E-state index contributed by atoms with van der Waals surface area (Å²) in [5.74, 6) is -0.347. The number of hydrogen-bond donors (Lipinski definition) is 1. The van der Waals surface area contributed by atoms with Crippen LogP contribution in [0.1, 0.15) is 0 Å². The number of fused-ring (bicyclic) bond motifs is 1. The van der Waals surface area contributed by atoms with Gasteiger partial charge in [0.15, 0.2) is 5.13 Å². The highest BCUT2D eigenvalue weighted by Gasteiger charge is 2.09. The highest BCUT2D eigenvalue weighted by Crippen LogP contribution is 2.26. The van der Waals surface area contributed by atoms with Gasteiger partial charge in [-0.3, -0.25) is 9.88 Å². The molecular formula is C11H7FN4OS. The SMILES string of the molecule is O=C(Nc1nc2cc(F)ccc2s1)n1ccnc1. The van der Waals surface area contributed by atoms with Crippen molar-refractivity contribution in [2.75, 3.05) is 5.32 Å². The summed E-state index contributed by atoms with van der Waals surface area (Å²) >= 11 is 1.29. The standard InChI is InChI=1S/C11H7FN4OS/c12-7-1-2-9-8(5-7)14-10(18-9)15-11(17)16-4-3-13-6-16/h1-6H,(H,14,15,17). The number of carbonyl (C=O) groups excluding carboxylic acids is 1. The predicted octanol–water partition coefficient (Wildman–Crippen LogP) is 2.71. The third-order valence-corrected chi connectivity index (χ3v) is 3.25. The van der Waals surface area contributed by atoms with Gasteiger partial charge in [0.2, 0.25) is 0 Å². The Balaban J connectivity index is 1.89. The number of carbonyl (C=O) groups is 1. The summed E-state index contributed by atoms with van der Waals surface area (Å²) in [6, 6.07) is 3.97. The summed E-state index contributed by atoms with van der Waals surface area (Å²) < 4.78 is 15.1. The van der Waals surface area contributed by atoms with Gasteiger partial charge in [-0.2, -0.15) is 0 Å². The lowest BCUT2D eigenvalue weighted by molar-refractivity contribution is 0.253. The number of anilines is 1. The van der Waals surface area contributed by atoms with Gasteiger partial charge in [-0.25, -0.2) is 19.2 Å². The van der Waals surface area contributed by atoms with Crippen molar-refractivity contribution in [1.82, 2.24) is 14.5 Å². The Labute approximate surface area is 105 Å². The van der Waals surface area contributed by atoms with E-state index in [-0.39, 0.29) is 11.8 Å². The predicted molar refractivity (Wildman–Crippen MR) is 66.2 cm³/mol. The van der Waals surface area contributed by atoms with E-state index in [1.165, 1.54) is 46.8 Å². The Morgan fingerprint density at radius 3 is 3.11 bits per heavy atom. The zero-order valence-electron chi connectivity index (χ0n) is 9.00. The van der Waals surface area contributed by atoms with Crippen LogP contribution in [0.15, 0.2) is 36.9 Å². The minimum Gasteiger partial charge on any atom is -0.283 e. The molecule has 2 heterocycles. The van der Waals surface area contributed by atoms with Crippen molar-refractivity contribution >= 4 is 32.7 Å². The first kappa shape index (κ1) is 10.8. The number of rotatable bonds is 1. The number of hydrogen-bond acceptors (Lipinski definition) is 4. The van der Waals surface area contributed by atoms with Gasteiger partial charge in [-0.1, -0.05) is 11.3 Å². The highest BCUT2D eigenvalue weighted by atomic mass is 32.1. The molecule has 0 unspecified atom stereocenters. The van der Waals surface area contributed by atoms with E-state index in [0.29, 0.717) is 10.6 Å². The second-order valence-electron chi connectivity index (χ2n) is 3.53. The van der Waals surface area contributed by atoms with Gasteiger partial charge in [0.05, 0.1) is 10.2 Å². The van der Waals surface area contributed by atoms with Gasteiger partial charge < -0.3 is 0 Å². The molecule has 5 nitrogen and oxygen atoms in total. The van der Waals surface area contributed by atoms with Crippen LogP contribution in [0.4, 0.5) is 14.3 Å². The Bertz CT molecular complexity index is 707. The molecule has 1 aromatic carbocycles. The van der Waals surface area contributed by atoms with Gasteiger partial charge in [-0.15, -0.1) is 0 Å². The first-order valence-electron chi connectivity index (χ1n) is 5.08. The van der Waals surface area contributed by atoms with Gasteiger partial charge in [0.25, 0.3) is 0 Å². The Kier molecular flexibility index (Phi) is 2.52. The third kappa shape index (κ3) is 1.95. The van der Waals surface area contributed by atoms with Crippen LogP contribution in [0.5, 0.6) is 0 Å². The van der Waals surface area contributed by atoms with E-state index in [1.54, 1.807) is 6.07 Å². The van der Waals surface area contributed by atoms with E-state index in [2.05, 4.69) is 15.3 Å². The van der Waals surface area contributed by atoms with Crippen LogP contribution >= 0.6 is 11.3 Å². The molecule has 0 bridgehead atoms. The quantitative estimate of drug-likeness (QED) is 0.733. The Hall–Kier alpha value is -2.28. The number of nitrogens with zero attached hydrogens (tertiary/aromatic N) is 3. The summed E-state index contributed by atoms with van der Waals surface area (Å²) in [6.45, 7) is 0. The average Bonchev–Trinajstić information content (AvgIpc) is 2.95. The molecule has 0 radical (unpaired) electrons. The Morgan fingerprint density at radius 2 is 2.33 bits per heavy atom. The maximum absolute atomic E-state index is 13.0.